The summed E-state index contributed by atoms with van der Waals surface area (Å²) < 4.78 is 32.7. The summed E-state index contributed by atoms with van der Waals surface area (Å²) in [4.78, 5) is 3.90. The van der Waals surface area contributed by atoms with Crippen molar-refractivity contribution >= 4 is 15.9 Å². The van der Waals surface area contributed by atoms with Gasteiger partial charge in [0.15, 0.2) is 0 Å². The SMILES string of the molecule is C/N=C(/N)N1CCCCN=S1(=O)Cc1ccccc1F. The van der Waals surface area contributed by atoms with E-state index in [1.807, 2.05) is 0 Å². The molecule has 1 aromatic rings. The number of rotatable bonds is 2. The van der Waals surface area contributed by atoms with Gasteiger partial charge in [-0.1, -0.05) is 18.2 Å². The predicted octanol–water partition coefficient (Wildman–Crippen LogP) is 1.75. The summed E-state index contributed by atoms with van der Waals surface area (Å²) in [5.74, 6) is -0.158. The monoisotopic (exact) mass is 298 g/mol. The van der Waals surface area contributed by atoms with Crippen molar-refractivity contribution in [3.63, 3.8) is 0 Å². The fourth-order valence-corrected chi connectivity index (χ4v) is 4.33. The fraction of sp³-hybridized carbons (Fsp3) is 0.462. The molecular formula is C13H19FN4OS. The van der Waals surface area contributed by atoms with Gasteiger partial charge in [-0.05, 0) is 18.9 Å². The zero-order valence-electron chi connectivity index (χ0n) is 11.5. The Labute approximate surface area is 119 Å². The van der Waals surface area contributed by atoms with Crippen LogP contribution in [0.4, 0.5) is 4.39 Å². The van der Waals surface area contributed by atoms with Crippen LogP contribution in [0.15, 0.2) is 33.6 Å². The maximum Gasteiger partial charge on any atom is 0.203 e. The molecule has 1 unspecified atom stereocenters. The van der Waals surface area contributed by atoms with Crippen LogP contribution in [0.3, 0.4) is 0 Å². The van der Waals surface area contributed by atoms with E-state index >= 15 is 0 Å². The topological polar surface area (TPSA) is 71.0 Å². The van der Waals surface area contributed by atoms with E-state index in [1.165, 1.54) is 10.4 Å². The minimum absolute atomic E-state index is 0.0237. The van der Waals surface area contributed by atoms with Crippen LogP contribution in [-0.2, 0) is 15.7 Å². The van der Waals surface area contributed by atoms with Crippen LogP contribution < -0.4 is 5.73 Å². The normalized spacial score (nSPS) is 24.1. The molecule has 1 aliphatic heterocycles. The molecule has 0 saturated heterocycles. The van der Waals surface area contributed by atoms with Crippen molar-refractivity contribution in [2.45, 2.75) is 18.6 Å². The van der Waals surface area contributed by atoms with E-state index in [0.717, 1.165) is 12.8 Å². The van der Waals surface area contributed by atoms with Gasteiger partial charge in [-0.25, -0.2) is 13.0 Å². The average Bonchev–Trinajstić information content (AvgIpc) is 2.62. The second-order valence-electron chi connectivity index (χ2n) is 4.59. The Morgan fingerprint density at radius 3 is 2.95 bits per heavy atom. The van der Waals surface area contributed by atoms with Gasteiger partial charge in [0.25, 0.3) is 0 Å². The van der Waals surface area contributed by atoms with Gasteiger partial charge in [-0.2, -0.15) is 0 Å². The van der Waals surface area contributed by atoms with Crippen molar-refractivity contribution in [3.05, 3.63) is 35.6 Å². The Bertz CT molecular complexity index is 623. The first-order valence-corrected chi connectivity index (χ1v) is 8.15. The number of halogens is 1. The standard InChI is InChI=1S/C13H19FN4OS/c1-16-13(15)18-9-5-4-8-17-20(18,19)10-11-6-2-3-7-12(11)14/h2-3,6-7H,4-5,8-10H2,1H3,(H2,15,16). The molecule has 5 nitrogen and oxygen atoms in total. The number of nitrogens with zero attached hydrogens (tertiary/aromatic N) is 3. The Hall–Kier alpha value is -1.63. The molecule has 0 saturated carbocycles. The van der Waals surface area contributed by atoms with Crippen LogP contribution in [-0.4, -0.2) is 34.6 Å². The van der Waals surface area contributed by atoms with Crippen molar-refractivity contribution in [2.75, 3.05) is 20.1 Å². The summed E-state index contributed by atoms with van der Waals surface area (Å²) in [6.07, 6.45) is 1.69. The second kappa shape index (κ2) is 6.21. The van der Waals surface area contributed by atoms with Crippen molar-refractivity contribution in [2.24, 2.45) is 15.1 Å². The summed E-state index contributed by atoms with van der Waals surface area (Å²) in [6, 6.07) is 6.31. The maximum absolute atomic E-state index is 13.8. The molecule has 0 radical (unpaired) electrons. The molecule has 20 heavy (non-hydrogen) atoms. The molecule has 2 N–H and O–H groups in total. The molecule has 0 aromatic heterocycles. The van der Waals surface area contributed by atoms with Gasteiger partial charge in [0.05, 0.1) is 12.3 Å². The summed E-state index contributed by atoms with van der Waals surface area (Å²) in [5, 5.41) is 0. The minimum atomic E-state index is -2.79. The van der Waals surface area contributed by atoms with E-state index in [4.69, 9.17) is 5.73 Å². The van der Waals surface area contributed by atoms with Gasteiger partial charge in [0, 0.05) is 19.2 Å². The highest BCUT2D eigenvalue weighted by Gasteiger charge is 2.25. The Morgan fingerprint density at radius 1 is 1.50 bits per heavy atom. The summed E-state index contributed by atoms with van der Waals surface area (Å²) >= 11 is 0. The molecule has 2 rings (SSSR count). The Kier molecular flexibility index (Phi) is 4.59. The summed E-state index contributed by atoms with van der Waals surface area (Å²) in [5.41, 5.74) is 6.21. The van der Waals surface area contributed by atoms with Gasteiger partial charge in [-0.15, -0.1) is 0 Å². The number of hydrogen-bond acceptors (Lipinski definition) is 3. The maximum atomic E-state index is 13.8. The number of nitrogens with two attached hydrogens (primary N) is 1. The van der Waals surface area contributed by atoms with Gasteiger partial charge >= 0.3 is 0 Å². The zero-order valence-corrected chi connectivity index (χ0v) is 12.3. The highest BCUT2D eigenvalue weighted by atomic mass is 32.2. The molecule has 7 heteroatoms. The first kappa shape index (κ1) is 14.8. The van der Waals surface area contributed by atoms with Crippen LogP contribution in [0.5, 0.6) is 0 Å². The Balaban J connectivity index is 2.40. The summed E-state index contributed by atoms with van der Waals surface area (Å²) in [7, 11) is -1.25. The lowest BCUT2D eigenvalue weighted by atomic mass is 10.2. The number of hydrogen-bond donors (Lipinski definition) is 1. The first-order chi connectivity index (χ1) is 9.57. The Morgan fingerprint density at radius 2 is 2.25 bits per heavy atom. The van der Waals surface area contributed by atoms with Crippen LogP contribution in [0.2, 0.25) is 0 Å². The molecule has 0 aliphatic carbocycles. The van der Waals surface area contributed by atoms with E-state index in [-0.39, 0.29) is 17.5 Å². The van der Waals surface area contributed by atoms with E-state index in [2.05, 4.69) is 9.36 Å². The van der Waals surface area contributed by atoms with Gasteiger partial charge in [0.2, 0.25) is 5.96 Å². The third-order valence-electron chi connectivity index (χ3n) is 3.19. The molecule has 1 aliphatic rings. The smallest absolute Gasteiger partial charge is 0.203 e. The fourth-order valence-electron chi connectivity index (χ4n) is 2.10. The van der Waals surface area contributed by atoms with E-state index in [0.29, 0.717) is 18.7 Å². The summed E-state index contributed by atoms with van der Waals surface area (Å²) in [6.45, 7) is 1.03. The van der Waals surface area contributed by atoms with Crippen LogP contribution in [0.1, 0.15) is 18.4 Å². The van der Waals surface area contributed by atoms with Crippen molar-refractivity contribution in [3.8, 4) is 0 Å². The minimum Gasteiger partial charge on any atom is -0.369 e. The molecule has 0 spiro atoms. The highest BCUT2D eigenvalue weighted by Crippen LogP contribution is 2.19. The highest BCUT2D eigenvalue weighted by molar-refractivity contribution is 7.91. The average molecular weight is 298 g/mol. The van der Waals surface area contributed by atoms with Crippen molar-refractivity contribution < 1.29 is 8.60 Å². The van der Waals surface area contributed by atoms with E-state index in [9.17, 15) is 8.60 Å². The molecule has 110 valence electrons. The third kappa shape index (κ3) is 3.09. The zero-order chi connectivity index (χ0) is 14.6. The molecule has 1 aromatic carbocycles. The second-order valence-corrected chi connectivity index (χ2v) is 6.79. The van der Waals surface area contributed by atoms with Crippen LogP contribution in [0, 0.1) is 5.82 Å². The number of guanidine groups is 1. The predicted molar refractivity (Wildman–Crippen MR) is 79.0 cm³/mol. The molecule has 1 atom stereocenters. The van der Waals surface area contributed by atoms with Crippen molar-refractivity contribution in [1.82, 2.24) is 4.31 Å². The largest absolute Gasteiger partial charge is 0.369 e. The molecular weight excluding hydrogens is 279 g/mol. The van der Waals surface area contributed by atoms with Gasteiger partial charge in [-0.3, -0.25) is 9.30 Å². The van der Waals surface area contributed by atoms with Crippen molar-refractivity contribution in [1.29, 1.82) is 0 Å². The molecule has 0 bridgehead atoms. The van der Waals surface area contributed by atoms with E-state index in [1.54, 1.807) is 25.2 Å². The molecule has 0 fully saturated rings. The van der Waals surface area contributed by atoms with Crippen LogP contribution in [0.25, 0.3) is 0 Å². The lowest BCUT2D eigenvalue weighted by Crippen LogP contribution is -2.42. The first-order valence-electron chi connectivity index (χ1n) is 6.51. The van der Waals surface area contributed by atoms with Gasteiger partial charge < -0.3 is 5.73 Å². The quantitative estimate of drug-likeness (QED) is 0.667. The molecule has 1 heterocycles. The van der Waals surface area contributed by atoms with Gasteiger partial charge in [0.1, 0.15) is 15.7 Å². The van der Waals surface area contributed by atoms with Crippen LogP contribution >= 0.6 is 0 Å². The number of benzene rings is 1. The third-order valence-corrected chi connectivity index (χ3v) is 5.52. The lowest BCUT2D eigenvalue weighted by Gasteiger charge is -2.25. The number of aliphatic imine (C=N–C) groups is 1. The molecule has 0 amide bonds. The van der Waals surface area contributed by atoms with E-state index < -0.39 is 9.92 Å². The lowest BCUT2D eigenvalue weighted by molar-refractivity contribution is 0.565.